The number of nitrogens with one attached hydrogen (secondary N) is 2. The van der Waals surface area contributed by atoms with Gasteiger partial charge in [-0.25, -0.2) is 9.37 Å². The molecule has 0 saturated carbocycles. The van der Waals surface area contributed by atoms with Crippen LogP contribution in [0.3, 0.4) is 0 Å². The Balaban J connectivity index is 1.98. The van der Waals surface area contributed by atoms with Gasteiger partial charge in [0.25, 0.3) is 0 Å². The highest BCUT2D eigenvalue weighted by molar-refractivity contribution is 5.67. The molecule has 2 N–H and O–H groups in total. The first-order valence-corrected chi connectivity index (χ1v) is 6.38. The number of hydrogen-bond donors (Lipinski definition) is 2. The number of aromatic amines is 1. The Hall–Kier alpha value is -1.88. The first-order valence-electron chi connectivity index (χ1n) is 6.38. The van der Waals surface area contributed by atoms with Crippen LogP contribution in [0.4, 0.5) is 4.39 Å². The third-order valence-corrected chi connectivity index (χ3v) is 3.51. The topological polar surface area (TPSA) is 49.9 Å². The molecule has 3 rings (SSSR count). The van der Waals surface area contributed by atoms with Crippen molar-refractivity contribution in [2.75, 3.05) is 20.2 Å². The summed E-state index contributed by atoms with van der Waals surface area (Å²) < 4.78 is 19.2. The molecule has 0 spiro atoms. The molecule has 4 nitrogen and oxygen atoms in total. The second kappa shape index (κ2) is 5.01. The van der Waals surface area contributed by atoms with E-state index >= 15 is 0 Å². The highest BCUT2D eigenvalue weighted by atomic mass is 19.1. The van der Waals surface area contributed by atoms with E-state index in [0.717, 1.165) is 25.3 Å². The Morgan fingerprint density at radius 2 is 2.32 bits per heavy atom. The van der Waals surface area contributed by atoms with Crippen LogP contribution in [-0.4, -0.2) is 30.2 Å². The molecule has 1 aliphatic heterocycles. The number of nitrogens with zero attached hydrogens (tertiary/aromatic N) is 1. The number of halogens is 1. The minimum absolute atomic E-state index is 0.306. The van der Waals surface area contributed by atoms with Crippen molar-refractivity contribution in [2.45, 2.75) is 12.3 Å². The summed E-state index contributed by atoms with van der Waals surface area (Å²) in [6, 6.07) is 4.81. The van der Waals surface area contributed by atoms with Crippen LogP contribution in [0.1, 0.15) is 18.2 Å². The molecule has 1 unspecified atom stereocenters. The van der Waals surface area contributed by atoms with Crippen LogP contribution in [0.5, 0.6) is 5.75 Å². The molecule has 0 radical (unpaired) electrons. The fraction of sp³-hybridized carbons (Fsp3) is 0.357. The van der Waals surface area contributed by atoms with E-state index in [1.54, 1.807) is 18.3 Å². The van der Waals surface area contributed by atoms with Gasteiger partial charge in [-0.3, -0.25) is 0 Å². The number of imidazole rings is 1. The zero-order valence-electron chi connectivity index (χ0n) is 10.7. The zero-order chi connectivity index (χ0) is 13.2. The number of methoxy groups -OCH3 is 1. The van der Waals surface area contributed by atoms with Crippen LogP contribution in [0, 0.1) is 5.82 Å². The standard InChI is InChI=1S/C14H16FN3O/c1-19-12-4-2-3-10(15)13(12)11-8-17-14(18-11)9-5-6-16-7-9/h2-4,8-9,16H,5-7H2,1H3,(H,17,18). The van der Waals surface area contributed by atoms with Crippen molar-refractivity contribution in [3.05, 3.63) is 36.0 Å². The predicted octanol–water partition coefficient (Wildman–Crippen LogP) is 2.30. The lowest BCUT2D eigenvalue weighted by Gasteiger charge is -2.08. The van der Waals surface area contributed by atoms with E-state index in [1.807, 2.05) is 0 Å². The fourth-order valence-electron chi connectivity index (χ4n) is 2.50. The van der Waals surface area contributed by atoms with Crippen molar-refractivity contribution in [3.8, 4) is 17.0 Å². The van der Waals surface area contributed by atoms with Gasteiger partial charge in [0, 0.05) is 12.5 Å². The molecular weight excluding hydrogens is 245 g/mol. The first-order chi connectivity index (χ1) is 9.29. The average Bonchev–Trinajstić information content (AvgIpc) is 3.08. The summed E-state index contributed by atoms with van der Waals surface area (Å²) in [6.45, 7) is 1.92. The SMILES string of the molecule is COc1cccc(F)c1-c1cnc(C2CCNC2)[nH]1. The van der Waals surface area contributed by atoms with Gasteiger partial charge >= 0.3 is 0 Å². The number of ether oxygens (including phenoxy) is 1. The molecule has 2 aromatic rings. The second-order valence-corrected chi connectivity index (χ2v) is 4.69. The number of hydrogen-bond acceptors (Lipinski definition) is 3. The quantitative estimate of drug-likeness (QED) is 0.891. The van der Waals surface area contributed by atoms with Gasteiger partial charge < -0.3 is 15.0 Å². The monoisotopic (exact) mass is 261 g/mol. The number of rotatable bonds is 3. The summed E-state index contributed by atoms with van der Waals surface area (Å²) in [6.07, 6.45) is 2.73. The molecule has 100 valence electrons. The van der Waals surface area contributed by atoms with E-state index in [2.05, 4.69) is 15.3 Å². The summed E-state index contributed by atoms with van der Waals surface area (Å²) >= 11 is 0. The van der Waals surface area contributed by atoms with Gasteiger partial charge in [0.15, 0.2) is 0 Å². The Kier molecular flexibility index (Phi) is 3.21. The van der Waals surface area contributed by atoms with Gasteiger partial charge in [-0.05, 0) is 25.1 Å². The lowest BCUT2D eigenvalue weighted by molar-refractivity contribution is 0.413. The molecule has 1 aromatic heterocycles. The summed E-state index contributed by atoms with van der Waals surface area (Å²) in [5.41, 5.74) is 1.10. The highest BCUT2D eigenvalue weighted by Gasteiger charge is 2.21. The maximum atomic E-state index is 14.0. The molecule has 0 amide bonds. The lowest BCUT2D eigenvalue weighted by Crippen LogP contribution is -2.08. The molecule has 1 saturated heterocycles. The van der Waals surface area contributed by atoms with E-state index < -0.39 is 0 Å². The smallest absolute Gasteiger partial charge is 0.136 e. The Labute approximate surface area is 111 Å². The molecule has 1 aromatic carbocycles. The summed E-state index contributed by atoms with van der Waals surface area (Å²) in [4.78, 5) is 7.59. The average molecular weight is 261 g/mol. The van der Waals surface area contributed by atoms with E-state index in [9.17, 15) is 4.39 Å². The molecule has 1 aliphatic rings. The van der Waals surface area contributed by atoms with E-state index in [0.29, 0.717) is 22.9 Å². The summed E-state index contributed by atoms with van der Waals surface area (Å²) in [7, 11) is 1.54. The van der Waals surface area contributed by atoms with Gasteiger partial charge in [-0.15, -0.1) is 0 Å². The molecule has 2 heterocycles. The maximum absolute atomic E-state index is 14.0. The third kappa shape index (κ3) is 2.21. The predicted molar refractivity (Wildman–Crippen MR) is 70.8 cm³/mol. The summed E-state index contributed by atoms with van der Waals surface area (Å²) in [5, 5.41) is 3.30. The molecule has 0 aliphatic carbocycles. The number of H-pyrrole nitrogens is 1. The van der Waals surface area contributed by atoms with E-state index in [-0.39, 0.29) is 5.82 Å². The highest BCUT2D eigenvalue weighted by Crippen LogP contribution is 2.32. The molecule has 1 atom stereocenters. The van der Waals surface area contributed by atoms with Crippen molar-refractivity contribution in [3.63, 3.8) is 0 Å². The molecule has 19 heavy (non-hydrogen) atoms. The number of benzene rings is 1. The van der Waals surface area contributed by atoms with Crippen LogP contribution in [0.2, 0.25) is 0 Å². The van der Waals surface area contributed by atoms with Gasteiger partial charge in [0.2, 0.25) is 0 Å². The van der Waals surface area contributed by atoms with Crippen LogP contribution >= 0.6 is 0 Å². The minimum Gasteiger partial charge on any atom is -0.496 e. The molecule has 5 heteroatoms. The van der Waals surface area contributed by atoms with Crippen LogP contribution < -0.4 is 10.1 Å². The van der Waals surface area contributed by atoms with E-state index in [1.165, 1.54) is 13.2 Å². The molecular formula is C14H16FN3O. The fourth-order valence-corrected chi connectivity index (χ4v) is 2.50. The second-order valence-electron chi connectivity index (χ2n) is 4.69. The maximum Gasteiger partial charge on any atom is 0.136 e. The van der Waals surface area contributed by atoms with Crippen molar-refractivity contribution in [1.29, 1.82) is 0 Å². The number of aromatic nitrogens is 2. The van der Waals surface area contributed by atoms with Crippen molar-refractivity contribution < 1.29 is 9.13 Å². The van der Waals surface area contributed by atoms with Gasteiger partial charge in [-0.1, -0.05) is 6.07 Å². The minimum atomic E-state index is -0.306. The van der Waals surface area contributed by atoms with Crippen LogP contribution in [-0.2, 0) is 0 Å². The summed E-state index contributed by atoms with van der Waals surface area (Å²) in [5.74, 6) is 1.50. The lowest BCUT2D eigenvalue weighted by atomic mass is 10.1. The normalized spacial score (nSPS) is 18.7. The zero-order valence-corrected chi connectivity index (χ0v) is 10.7. The van der Waals surface area contributed by atoms with Crippen molar-refractivity contribution >= 4 is 0 Å². The van der Waals surface area contributed by atoms with Crippen molar-refractivity contribution in [2.24, 2.45) is 0 Å². The first kappa shape index (κ1) is 12.2. The Morgan fingerprint density at radius 3 is 3.05 bits per heavy atom. The molecule has 0 bridgehead atoms. The largest absolute Gasteiger partial charge is 0.496 e. The van der Waals surface area contributed by atoms with Gasteiger partial charge in [-0.2, -0.15) is 0 Å². The molecule has 1 fully saturated rings. The van der Waals surface area contributed by atoms with Crippen LogP contribution in [0.25, 0.3) is 11.3 Å². The van der Waals surface area contributed by atoms with Crippen molar-refractivity contribution in [1.82, 2.24) is 15.3 Å². The van der Waals surface area contributed by atoms with Gasteiger partial charge in [0.1, 0.15) is 17.4 Å². The third-order valence-electron chi connectivity index (χ3n) is 3.51. The van der Waals surface area contributed by atoms with E-state index in [4.69, 9.17) is 4.74 Å². The van der Waals surface area contributed by atoms with Crippen LogP contribution in [0.15, 0.2) is 24.4 Å². The Morgan fingerprint density at radius 1 is 1.42 bits per heavy atom. The van der Waals surface area contributed by atoms with Gasteiger partial charge in [0.05, 0.1) is 24.6 Å². The Bertz CT molecular complexity index is 576.